The van der Waals surface area contributed by atoms with Crippen LogP contribution in [0.25, 0.3) is 22.4 Å². The second-order valence-corrected chi connectivity index (χ2v) is 5.28. The van der Waals surface area contributed by atoms with Crippen molar-refractivity contribution in [3.8, 4) is 0 Å². The normalized spacial score (nSPS) is 12.5. The molecule has 0 aliphatic heterocycles. The molecule has 3 aromatic rings. The third-order valence-corrected chi connectivity index (χ3v) is 3.91. The van der Waals surface area contributed by atoms with Crippen LogP contribution >= 0.6 is 0 Å². The Labute approximate surface area is 130 Å². The van der Waals surface area contributed by atoms with Crippen LogP contribution in [0.1, 0.15) is 37.3 Å². The van der Waals surface area contributed by atoms with Gasteiger partial charge in [0.15, 0.2) is 5.58 Å². The molecule has 0 atom stereocenters. The van der Waals surface area contributed by atoms with Crippen molar-refractivity contribution in [2.24, 2.45) is 5.73 Å². The van der Waals surface area contributed by atoms with Gasteiger partial charge in [0.05, 0.1) is 5.70 Å². The first-order chi connectivity index (χ1) is 10.7. The Kier molecular flexibility index (Phi) is 3.96. The minimum Gasteiger partial charge on any atom is -0.435 e. The molecule has 0 fully saturated rings. The summed E-state index contributed by atoms with van der Waals surface area (Å²) < 4.78 is 5.79. The van der Waals surface area contributed by atoms with Gasteiger partial charge in [-0.1, -0.05) is 50.2 Å². The maximum absolute atomic E-state index is 6.34. The van der Waals surface area contributed by atoms with Gasteiger partial charge in [-0.25, -0.2) is 4.98 Å². The van der Waals surface area contributed by atoms with Crippen LogP contribution in [0.5, 0.6) is 0 Å². The Morgan fingerprint density at radius 1 is 1.05 bits per heavy atom. The lowest BCUT2D eigenvalue weighted by Gasteiger charge is -2.09. The van der Waals surface area contributed by atoms with Crippen molar-refractivity contribution in [1.82, 2.24) is 4.98 Å². The lowest BCUT2D eigenvalue weighted by Crippen LogP contribution is -2.01. The van der Waals surface area contributed by atoms with Crippen LogP contribution in [-0.4, -0.2) is 4.98 Å². The molecule has 3 nitrogen and oxygen atoms in total. The Hall–Kier alpha value is -2.55. The van der Waals surface area contributed by atoms with Gasteiger partial charge in [-0.2, -0.15) is 0 Å². The lowest BCUT2D eigenvalue weighted by atomic mass is 9.99. The summed E-state index contributed by atoms with van der Waals surface area (Å²) >= 11 is 0. The monoisotopic (exact) mass is 292 g/mol. The van der Waals surface area contributed by atoms with Crippen LogP contribution in [0.2, 0.25) is 0 Å². The predicted molar refractivity (Wildman–Crippen MR) is 91.1 cm³/mol. The van der Waals surface area contributed by atoms with Gasteiger partial charge in [0.25, 0.3) is 0 Å². The molecule has 3 rings (SSSR count). The number of hydrogen-bond acceptors (Lipinski definition) is 3. The van der Waals surface area contributed by atoms with E-state index in [4.69, 9.17) is 10.2 Å². The summed E-state index contributed by atoms with van der Waals surface area (Å²) in [6.45, 7) is 4.25. The Morgan fingerprint density at radius 3 is 2.41 bits per heavy atom. The summed E-state index contributed by atoms with van der Waals surface area (Å²) in [5, 5.41) is 0. The molecule has 1 aromatic heterocycles. The molecule has 0 bridgehead atoms. The second-order valence-electron chi connectivity index (χ2n) is 5.28. The Bertz CT molecular complexity index is 780. The smallest absolute Gasteiger partial charge is 0.243 e. The molecule has 0 aliphatic rings. The number of nitrogens with two attached hydrogens (primary N) is 1. The van der Waals surface area contributed by atoms with Gasteiger partial charge in [-0.3, -0.25) is 0 Å². The summed E-state index contributed by atoms with van der Waals surface area (Å²) in [5.41, 5.74) is 12.1. The first kappa shape index (κ1) is 14.4. The van der Waals surface area contributed by atoms with Gasteiger partial charge < -0.3 is 10.2 Å². The summed E-state index contributed by atoms with van der Waals surface area (Å²) in [4.78, 5) is 4.49. The first-order valence-corrected chi connectivity index (χ1v) is 7.66. The zero-order valence-corrected chi connectivity index (χ0v) is 13.0. The number of benzene rings is 2. The average molecular weight is 292 g/mol. The van der Waals surface area contributed by atoms with Crippen molar-refractivity contribution >= 4 is 22.4 Å². The van der Waals surface area contributed by atoms with E-state index in [1.54, 1.807) is 0 Å². The molecule has 2 N–H and O–H groups in total. The third kappa shape index (κ3) is 2.62. The number of fused-ring (bicyclic) bond motifs is 1. The molecule has 2 aromatic carbocycles. The molecule has 0 aliphatic carbocycles. The number of aryl methyl sites for hydroxylation is 1. The molecule has 3 heteroatoms. The highest BCUT2D eigenvalue weighted by molar-refractivity contribution is 5.88. The van der Waals surface area contributed by atoms with E-state index in [1.807, 2.05) is 24.3 Å². The van der Waals surface area contributed by atoms with E-state index >= 15 is 0 Å². The minimum absolute atomic E-state index is 0.498. The van der Waals surface area contributed by atoms with Crippen molar-refractivity contribution in [3.05, 3.63) is 65.5 Å². The topological polar surface area (TPSA) is 52.0 Å². The van der Waals surface area contributed by atoms with Crippen LogP contribution in [0.3, 0.4) is 0 Å². The van der Waals surface area contributed by atoms with E-state index in [9.17, 15) is 0 Å². The van der Waals surface area contributed by atoms with Crippen molar-refractivity contribution in [3.63, 3.8) is 0 Å². The average Bonchev–Trinajstić information content (AvgIpc) is 3.00. The number of aromatic nitrogens is 1. The maximum Gasteiger partial charge on any atom is 0.243 e. The van der Waals surface area contributed by atoms with Crippen LogP contribution in [0, 0.1) is 0 Å². The van der Waals surface area contributed by atoms with E-state index in [0.29, 0.717) is 11.6 Å². The van der Waals surface area contributed by atoms with Crippen LogP contribution in [0.4, 0.5) is 0 Å². The Balaban J connectivity index is 2.06. The standard InChI is InChI=1S/C19H20N2O/c1-3-13-9-11-14(12-10-13)15(4-2)18(20)19-21-16-7-5-6-8-17(16)22-19/h5-12H,3-4,20H2,1-2H3. The largest absolute Gasteiger partial charge is 0.435 e. The van der Waals surface area contributed by atoms with Gasteiger partial charge in [0.2, 0.25) is 5.89 Å². The van der Waals surface area contributed by atoms with Gasteiger partial charge >= 0.3 is 0 Å². The van der Waals surface area contributed by atoms with Crippen LogP contribution in [-0.2, 0) is 6.42 Å². The number of oxazole rings is 1. The molecule has 1 heterocycles. The zero-order chi connectivity index (χ0) is 15.5. The molecule has 0 saturated carbocycles. The van der Waals surface area contributed by atoms with Crippen molar-refractivity contribution in [1.29, 1.82) is 0 Å². The van der Waals surface area contributed by atoms with Crippen LogP contribution < -0.4 is 5.73 Å². The van der Waals surface area contributed by atoms with Gasteiger partial charge in [-0.05, 0) is 41.7 Å². The van der Waals surface area contributed by atoms with E-state index < -0.39 is 0 Å². The quantitative estimate of drug-likeness (QED) is 0.763. The molecule has 0 radical (unpaired) electrons. The van der Waals surface area contributed by atoms with Crippen molar-refractivity contribution < 1.29 is 4.42 Å². The number of allylic oxidation sites excluding steroid dienone is 1. The van der Waals surface area contributed by atoms with Gasteiger partial charge in [0.1, 0.15) is 5.52 Å². The summed E-state index contributed by atoms with van der Waals surface area (Å²) in [5.74, 6) is 0.498. The molecular formula is C19H20N2O. The minimum atomic E-state index is 0.498. The molecule has 0 unspecified atom stereocenters. The number of hydrogen-bond donors (Lipinski definition) is 1. The number of rotatable bonds is 4. The summed E-state index contributed by atoms with van der Waals surface area (Å²) in [6.07, 6.45) is 1.86. The predicted octanol–water partition coefficient (Wildman–Crippen LogP) is 4.63. The van der Waals surface area contributed by atoms with E-state index in [1.165, 1.54) is 5.56 Å². The highest BCUT2D eigenvalue weighted by atomic mass is 16.3. The molecule has 0 spiro atoms. The second kappa shape index (κ2) is 6.06. The fourth-order valence-corrected chi connectivity index (χ4v) is 2.61. The summed E-state index contributed by atoms with van der Waals surface area (Å²) in [6, 6.07) is 16.2. The molecular weight excluding hydrogens is 272 g/mol. The molecule has 0 amide bonds. The first-order valence-electron chi connectivity index (χ1n) is 7.66. The SMILES string of the molecule is CCC(=C(N)c1nc2ccccc2o1)c1ccc(CC)cc1. The molecule has 112 valence electrons. The summed E-state index contributed by atoms with van der Waals surface area (Å²) in [7, 11) is 0. The van der Waals surface area contributed by atoms with E-state index in [-0.39, 0.29) is 0 Å². The zero-order valence-electron chi connectivity index (χ0n) is 13.0. The fraction of sp³-hybridized carbons (Fsp3) is 0.211. The highest BCUT2D eigenvalue weighted by Gasteiger charge is 2.13. The van der Waals surface area contributed by atoms with E-state index in [0.717, 1.165) is 35.1 Å². The lowest BCUT2D eigenvalue weighted by molar-refractivity contribution is 0.583. The molecule has 0 saturated heterocycles. The number of para-hydroxylation sites is 2. The Morgan fingerprint density at radius 2 is 1.77 bits per heavy atom. The third-order valence-electron chi connectivity index (χ3n) is 3.91. The van der Waals surface area contributed by atoms with Gasteiger partial charge in [0, 0.05) is 0 Å². The number of nitrogens with zero attached hydrogens (tertiary/aromatic N) is 1. The molecule has 22 heavy (non-hydrogen) atoms. The van der Waals surface area contributed by atoms with E-state index in [2.05, 4.69) is 43.1 Å². The fourth-order valence-electron chi connectivity index (χ4n) is 2.61. The highest BCUT2D eigenvalue weighted by Crippen LogP contribution is 2.27. The van der Waals surface area contributed by atoms with Gasteiger partial charge in [-0.15, -0.1) is 0 Å². The van der Waals surface area contributed by atoms with Crippen LogP contribution in [0.15, 0.2) is 52.9 Å². The van der Waals surface area contributed by atoms with Crippen molar-refractivity contribution in [2.45, 2.75) is 26.7 Å². The van der Waals surface area contributed by atoms with Crippen molar-refractivity contribution in [2.75, 3.05) is 0 Å². The maximum atomic E-state index is 6.34.